The van der Waals surface area contributed by atoms with Crippen molar-refractivity contribution in [3.8, 4) is 0 Å². The first kappa shape index (κ1) is 22.7. The van der Waals surface area contributed by atoms with Gasteiger partial charge in [-0.15, -0.1) is 0 Å². The lowest BCUT2D eigenvalue weighted by Gasteiger charge is -2.40. The van der Waals surface area contributed by atoms with Crippen LogP contribution >= 0.6 is 0 Å². The van der Waals surface area contributed by atoms with Crippen LogP contribution in [0, 0.1) is 23.6 Å². The molecule has 0 amide bonds. The molecule has 0 aromatic heterocycles. The van der Waals surface area contributed by atoms with Crippen LogP contribution in [-0.2, 0) is 6.54 Å². The summed E-state index contributed by atoms with van der Waals surface area (Å²) in [5.41, 5.74) is 7.34. The van der Waals surface area contributed by atoms with E-state index in [1.54, 1.807) is 12.1 Å². The lowest BCUT2D eigenvalue weighted by Crippen LogP contribution is -2.40. The van der Waals surface area contributed by atoms with Crippen LogP contribution in [0.5, 0.6) is 0 Å². The fourth-order valence-electron chi connectivity index (χ4n) is 5.69. The molecule has 0 radical (unpaired) electrons. The third kappa shape index (κ3) is 7.07. The normalized spacial score (nSPS) is 28.2. The number of nitrogens with two attached hydrogens (primary N) is 1. The van der Waals surface area contributed by atoms with Gasteiger partial charge in [-0.05, 0) is 93.2 Å². The van der Waals surface area contributed by atoms with Gasteiger partial charge < -0.3 is 5.73 Å². The van der Waals surface area contributed by atoms with Crippen LogP contribution in [0.4, 0.5) is 4.39 Å². The highest BCUT2D eigenvalue weighted by atomic mass is 19.1. The van der Waals surface area contributed by atoms with Crippen LogP contribution in [0.3, 0.4) is 0 Å². The van der Waals surface area contributed by atoms with Crippen LogP contribution in [0.1, 0.15) is 90.0 Å². The van der Waals surface area contributed by atoms with E-state index < -0.39 is 0 Å². The molecule has 0 atom stereocenters. The molecule has 0 bridgehead atoms. The SMILES string of the molecule is CCC(CC)CN(Cc1ccc(F)cc1)C1CCC(CC2CCC(N)CC2)CC1. The number of benzene rings is 1. The second kappa shape index (κ2) is 11.5. The molecule has 0 spiro atoms. The molecule has 3 rings (SSSR count). The summed E-state index contributed by atoms with van der Waals surface area (Å²) in [5, 5.41) is 0. The minimum atomic E-state index is -0.135. The Morgan fingerprint density at radius 2 is 1.45 bits per heavy atom. The maximum atomic E-state index is 13.3. The molecule has 0 unspecified atom stereocenters. The summed E-state index contributed by atoms with van der Waals surface area (Å²) in [6.07, 6.45) is 14.5. The smallest absolute Gasteiger partial charge is 0.123 e. The van der Waals surface area contributed by atoms with Crippen molar-refractivity contribution in [1.29, 1.82) is 0 Å². The van der Waals surface area contributed by atoms with E-state index in [2.05, 4.69) is 18.7 Å². The number of nitrogens with zero attached hydrogens (tertiary/aromatic N) is 1. The minimum absolute atomic E-state index is 0.135. The van der Waals surface area contributed by atoms with Gasteiger partial charge in [0.05, 0.1) is 0 Å². The van der Waals surface area contributed by atoms with E-state index in [1.165, 1.54) is 82.7 Å². The summed E-state index contributed by atoms with van der Waals surface area (Å²) in [7, 11) is 0. The molecule has 0 heterocycles. The zero-order valence-electron chi connectivity index (χ0n) is 18.8. The number of halogens is 1. The largest absolute Gasteiger partial charge is 0.328 e. The van der Waals surface area contributed by atoms with Crippen molar-refractivity contribution in [2.45, 2.75) is 103 Å². The molecule has 164 valence electrons. The van der Waals surface area contributed by atoms with Crippen molar-refractivity contribution in [3.63, 3.8) is 0 Å². The summed E-state index contributed by atoms with van der Waals surface area (Å²) >= 11 is 0. The van der Waals surface area contributed by atoms with E-state index in [4.69, 9.17) is 5.73 Å². The van der Waals surface area contributed by atoms with Crippen LogP contribution in [-0.4, -0.2) is 23.5 Å². The molecule has 3 heteroatoms. The van der Waals surface area contributed by atoms with Crippen LogP contribution < -0.4 is 5.73 Å². The van der Waals surface area contributed by atoms with E-state index >= 15 is 0 Å². The molecular formula is C26H43FN2. The highest BCUT2D eigenvalue weighted by Crippen LogP contribution is 2.37. The van der Waals surface area contributed by atoms with Gasteiger partial charge in [-0.3, -0.25) is 4.90 Å². The lowest BCUT2D eigenvalue weighted by molar-refractivity contribution is 0.0993. The van der Waals surface area contributed by atoms with E-state index in [0.717, 1.165) is 24.3 Å². The Bertz CT molecular complexity index is 567. The van der Waals surface area contributed by atoms with E-state index in [9.17, 15) is 4.39 Å². The average molecular weight is 403 g/mol. The van der Waals surface area contributed by atoms with Crippen molar-refractivity contribution in [3.05, 3.63) is 35.6 Å². The Hall–Kier alpha value is -0.930. The van der Waals surface area contributed by atoms with Gasteiger partial charge in [0.15, 0.2) is 0 Å². The predicted molar refractivity (Wildman–Crippen MR) is 121 cm³/mol. The summed E-state index contributed by atoms with van der Waals surface area (Å²) < 4.78 is 13.3. The fraction of sp³-hybridized carbons (Fsp3) is 0.769. The highest BCUT2D eigenvalue weighted by molar-refractivity contribution is 5.16. The van der Waals surface area contributed by atoms with Gasteiger partial charge in [-0.2, -0.15) is 0 Å². The van der Waals surface area contributed by atoms with Gasteiger partial charge in [-0.25, -0.2) is 4.39 Å². The zero-order valence-corrected chi connectivity index (χ0v) is 18.8. The van der Waals surface area contributed by atoms with Gasteiger partial charge in [0.1, 0.15) is 5.82 Å². The van der Waals surface area contributed by atoms with Crippen molar-refractivity contribution >= 4 is 0 Å². The fourth-order valence-corrected chi connectivity index (χ4v) is 5.69. The molecule has 2 saturated carbocycles. The number of hydrogen-bond donors (Lipinski definition) is 1. The quantitative estimate of drug-likeness (QED) is 0.509. The molecule has 1 aromatic carbocycles. The van der Waals surface area contributed by atoms with Crippen LogP contribution in [0.25, 0.3) is 0 Å². The van der Waals surface area contributed by atoms with Gasteiger partial charge in [0, 0.05) is 25.2 Å². The molecule has 2 nitrogen and oxygen atoms in total. The molecule has 2 aliphatic rings. The van der Waals surface area contributed by atoms with Crippen molar-refractivity contribution in [1.82, 2.24) is 4.90 Å². The lowest BCUT2D eigenvalue weighted by atomic mass is 9.75. The standard InChI is InChI=1S/C26H43FN2/c1-3-20(4-2)18-29(19-23-5-11-24(27)12-6-23)26-15-9-22(10-16-26)17-21-7-13-25(28)14-8-21/h5-6,11-12,20-22,25-26H,3-4,7-10,13-19,28H2,1-2H3. The molecule has 0 saturated heterocycles. The summed E-state index contributed by atoms with van der Waals surface area (Å²) in [4.78, 5) is 2.72. The minimum Gasteiger partial charge on any atom is -0.328 e. The number of hydrogen-bond acceptors (Lipinski definition) is 2. The first-order chi connectivity index (χ1) is 14.1. The second-order valence-electron chi connectivity index (χ2n) is 9.93. The molecule has 1 aromatic rings. The van der Waals surface area contributed by atoms with Gasteiger partial charge in [-0.1, -0.05) is 38.8 Å². The molecule has 2 N–H and O–H groups in total. The summed E-state index contributed by atoms with van der Waals surface area (Å²) in [5.74, 6) is 2.48. The zero-order chi connectivity index (χ0) is 20.6. The maximum absolute atomic E-state index is 13.3. The third-order valence-electron chi connectivity index (χ3n) is 7.84. The Labute approximate surface area is 178 Å². The third-order valence-corrected chi connectivity index (χ3v) is 7.84. The van der Waals surface area contributed by atoms with Crippen molar-refractivity contribution < 1.29 is 4.39 Å². The van der Waals surface area contributed by atoms with Gasteiger partial charge >= 0.3 is 0 Å². The molecule has 29 heavy (non-hydrogen) atoms. The average Bonchev–Trinajstić information content (AvgIpc) is 2.75. The maximum Gasteiger partial charge on any atom is 0.123 e. The molecule has 0 aliphatic heterocycles. The topological polar surface area (TPSA) is 29.3 Å². The van der Waals surface area contributed by atoms with E-state index in [0.29, 0.717) is 12.1 Å². The Balaban J connectivity index is 1.54. The van der Waals surface area contributed by atoms with E-state index in [-0.39, 0.29) is 5.82 Å². The highest BCUT2D eigenvalue weighted by Gasteiger charge is 2.29. The first-order valence-electron chi connectivity index (χ1n) is 12.3. The predicted octanol–water partition coefficient (Wildman–Crippen LogP) is 6.53. The van der Waals surface area contributed by atoms with Crippen molar-refractivity contribution in [2.24, 2.45) is 23.5 Å². The Morgan fingerprint density at radius 3 is 2.00 bits per heavy atom. The Morgan fingerprint density at radius 1 is 0.897 bits per heavy atom. The molecule has 2 fully saturated rings. The van der Waals surface area contributed by atoms with Crippen molar-refractivity contribution in [2.75, 3.05) is 6.54 Å². The second-order valence-corrected chi connectivity index (χ2v) is 9.93. The van der Waals surface area contributed by atoms with Gasteiger partial charge in [0.25, 0.3) is 0 Å². The monoisotopic (exact) mass is 402 g/mol. The van der Waals surface area contributed by atoms with E-state index in [1.807, 2.05) is 12.1 Å². The molecule has 2 aliphatic carbocycles. The Kier molecular flexibility index (Phi) is 8.99. The summed E-state index contributed by atoms with van der Waals surface area (Å²) in [6, 6.07) is 8.31. The van der Waals surface area contributed by atoms with Crippen LogP contribution in [0.2, 0.25) is 0 Å². The number of rotatable bonds is 9. The molecular weight excluding hydrogens is 359 g/mol. The van der Waals surface area contributed by atoms with Crippen LogP contribution in [0.15, 0.2) is 24.3 Å². The van der Waals surface area contributed by atoms with Gasteiger partial charge in [0.2, 0.25) is 0 Å². The first-order valence-corrected chi connectivity index (χ1v) is 12.3. The summed E-state index contributed by atoms with van der Waals surface area (Å²) in [6.45, 7) is 6.78.